The van der Waals surface area contributed by atoms with E-state index in [0.29, 0.717) is 5.92 Å². The van der Waals surface area contributed by atoms with E-state index in [9.17, 15) is 4.79 Å². The van der Waals surface area contributed by atoms with Crippen molar-refractivity contribution in [2.45, 2.75) is 38.8 Å². The standard InChI is InChI=1S/C10H21NO3.ClH/c1-5-7(2)10(11-3)8(14-4)6-9(12)13;/h7-8,10-11H,5-6H2,1-4H3,(H,12,13);1H/t7-,8-,10+;/m1./s1. The zero-order valence-electron chi connectivity index (χ0n) is 9.82. The van der Waals surface area contributed by atoms with E-state index in [4.69, 9.17) is 9.84 Å². The van der Waals surface area contributed by atoms with E-state index in [1.54, 1.807) is 7.11 Å². The van der Waals surface area contributed by atoms with Gasteiger partial charge in [0.25, 0.3) is 0 Å². The molecular formula is C10H22ClNO3. The van der Waals surface area contributed by atoms with Crippen LogP contribution < -0.4 is 5.32 Å². The molecule has 0 radical (unpaired) electrons. The average molecular weight is 240 g/mol. The Bertz CT molecular complexity index is 178. The maximum absolute atomic E-state index is 10.6. The van der Waals surface area contributed by atoms with Crippen molar-refractivity contribution in [3.63, 3.8) is 0 Å². The van der Waals surface area contributed by atoms with Crippen LogP contribution in [0.25, 0.3) is 0 Å². The Balaban J connectivity index is 0. The second-order valence-corrected chi connectivity index (χ2v) is 3.57. The van der Waals surface area contributed by atoms with Gasteiger partial charge in [-0.25, -0.2) is 0 Å². The van der Waals surface area contributed by atoms with Crippen LogP contribution in [0.2, 0.25) is 0 Å². The minimum atomic E-state index is -0.819. The molecule has 0 aliphatic rings. The molecule has 0 rings (SSSR count). The second kappa shape index (κ2) is 8.95. The number of hydrogen-bond donors (Lipinski definition) is 2. The molecule has 2 N–H and O–H groups in total. The normalized spacial score (nSPS) is 16.3. The molecule has 0 aromatic carbocycles. The summed E-state index contributed by atoms with van der Waals surface area (Å²) in [5.74, 6) is -0.412. The summed E-state index contributed by atoms with van der Waals surface area (Å²) in [6.45, 7) is 4.18. The largest absolute Gasteiger partial charge is 0.481 e. The van der Waals surface area contributed by atoms with Gasteiger partial charge in [0.2, 0.25) is 0 Å². The molecule has 0 aliphatic carbocycles. The number of likely N-dealkylation sites (N-methyl/N-ethyl adjacent to an activating group) is 1. The van der Waals surface area contributed by atoms with E-state index in [2.05, 4.69) is 19.2 Å². The molecular weight excluding hydrogens is 218 g/mol. The highest BCUT2D eigenvalue weighted by Gasteiger charge is 2.26. The molecule has 0 amide bonds. The van der Waals surface area contributed by atoms with Crippen LogP contribution >= 0.6 is 12.4 Å². The summed E-state index contributed by atoms with van der Waals surface area (Å²) >= 11 is 0. The molecule has 0 spiro atoms. The number of carboxylic acids is 1. The summed E-state index contributed by atoms with van der Waals surface area (Å²) in [6.07, 6.45) is 0.796. The Hall–Kier alpha value is -0.320. The fourth-order valence-electron chi connectivity index (χ4n) is 1.62. The monoisotopic (exact) mass is 239 g/mol. The van der Waals surface area contributed by atoms with Crippen molar-refractivity contribution in [3.8, 4) is 0 Å². The number of halogens is 1. The number of hydrogen-bond acceptors (Lipinski definition) is 3. The fourth-order valence-corrected chi connectivity index (χ4v) is 1.62. The SMILES string of the molecule is CC[C@@H](C)[C@H](NC)[C@@H](CC(=O)O)OC.Cl. The molecule has 0 saturated heterocycles. The summed E-state index contributed by atoms with van der Waals surface area (Å²) in [7, 11) is 3.39. The third-order valence-corrected chi connectivity index (χ3v) is 2.67. The highest BCUT2D eigenvalue weighted by Crippen LogP contribution is 2.15. The Morgan fingerprint density at radius 1 is 1.53 bits per heavy atom. The van der Waals surface area contributed by atoms with Crippen LogP contribution in [0.15, 0.2) is 0 Å². The van der Waals surface area contributed by atoms with Crippen molar-refractivity contribution in [2.75, 3.05) is 14.2 Å². The van der Waals surface area contributed by atoms with E-state index in [-0.39, 0.29) is 31.0 Å². The van der Waals surface area contributed by atoms with Gasteiger partial charge in [0.05, 0.1) is 12.5 Å². The van der Waals surface area contributed by atoms with Crippen molar-refractivity contribution in [1.29, 1.82) is 0 Å². The van der Waals surface area contributed by atoms with Gasteiger partial charge in [0.1, 0.15) is 0 Å². The number of carboxylic acid groups (broad SMARTS) is 1. The van der Waals surface area contributed by atoms with Crippen LogP contribution in [0.1, 0.15) is 26.7 Å². The van der Waals surface area contributed by atoms with Gasteiger partial charge < -0.3 is 15.2 Å². The third kappa shape index (κ3) is 5.97. The molecule has 4 nitrogen and oxygen atoms in total. The van der Waals surface area contributed by atoms with Gasteiger partial charge in [-0.3, -0.25) is 4.79 Å². The Morgan fingerprint density at radius 2 is 2.07 bits per heavy atom. The molecule has 0 aromatic heterocycles. The number of methoxy groups -OCH3 is 1. The molecule has 3 atom stereocenters. The van der Waals surface area contributed by atoms with E-state index in [0.717, 1.165) is 6.42 Å². The average Bonchev–Trinajstić information content (AvgIpc) is 2.16. The molecule has 0 fully saturated rings. The molecule has 15 heavy (non-hydrogen) atoms. The summed E-state index contributed by atoms with van der Waals surface area (Å²) < 4.78 is 5.19. The third-order valence-electron chi connectivity index (χ3n) is 2.67. The van der Waals surface area contributed by atoms with Crippen molar-refractivity contribution >= 4 is 18.4 Å². The Kier molecular flexibility index (Phi) is 10.2. The highest BCUT2D eigenvalue weighted by molar-refractivity contribution is 5.85. The summed E-state index contributed by atoms with van der Waals surface area (Å²) in [6, 6.07) is 0.0982. The lowest BCUT2D eigenvalue weighted by molar-refractivity contribution is -0.140. The summed E-state index contributed by atoms with van der Waals surface area (Å²) in [5.41, 5.74) is 0. The van der Waals surface area contributed by atoms with Gasteiger partial charge >= 0.3 is 5.97 Å². The molecule has 5 heteroatoms. The number of nitrogens with one attached hydrogen (secondary N) is 1. The predicted molar refractivity (Wildman–Crippen MR) is 62.6 cm³/mol. The molecule has 0 saturated carbocycles. The topological polar surface area (TPSA) is 58.6 Å². The number of aliphatic carboxylic acids is 1. The van der Waals surface area contributed by atoms with E-state index < -0.39 is 5.97 Å². The lowest BCUT2D eigenvalue weighted by Gasteiger charge is -2.29. The first kappa shape index (κ1) is 17.1. The van der Waals surface area contributed by atoms with Crippen molar-refractivity contribution in [1.82, 2.24) is 5.32 Å². The maximum atomic E-state index is 10.6. The number of ether oxygens (including phenoxy) is 1. The van der Waals surface area contributed by atoms with E-state index in [1.165, 1.54) is 0 Å². The van der Waals surface area contributed by atoms with Crippen molar-refractivity contribution in [3.05, 3.63) is 0 Å². The summed E-state index contributed by atoms with van der Waals surface area (Å²) in [4.78, 5) is 10.6. The first-order chi connectivity index (χ1) is 6.56. The minimum absolute atomic E-state index is 0. The first-order valence-corrected chi connectivity index (χ1v) is 4.98. The second-order valence-electron chi connectivity index (χ2n) is 3.57. The first-order valence-electron chi connectivity index (χ1n) is 4.98. The van der Waals surface area contributed by atoms with Gasteiger partial charge in [-0.2, -0.15) is 0 Å². The number of rotatable bonds is 7. The zero-order chi connectivity index (χ0) is 11.1. The number of carbonyl (C=O) groups is 1. The van der Waals surface area contributed by atoms with Crippen LogP contribution in [0.3, 0.4) is 0 Å². The van der Waals surface area contributed by atoms with E-state index >= 15 is 0 Å². The van der Waals surface area contributed by atoms with Crippen LogP contribution in [0.4, 0.5) is 0 Å². The maximum Gasteiger partial charge on any atom is 0.306 e. The van der Waals surface area contributed by atoms with E-state index in [1.807, 2.05) is 7.05 Å². The quantitative estimate of drug-likeness (QED) is 0.708. The smallest absolute Gasteiger partial charge is 0.306 e. The van der Waals surface area contributed by atoms with Crippen LogP contribution in [-0.2, 0) is 9.53 Å². The highest BCUT2D eigenvalue weighted by atomic mass is 35.5. The Labute approximate surface area is 97.8 Å². The lowest BCUT2D eigenvalue weighted by atomic mass is 9.93. The van der Waals surface area contributed by atoms with Crippen LogP contribution in [0.5, 0.6) is 0 Å². The fraction of sp³-hybridized carbons (Fsp3) is 0.900. The molecule has 0 unspecified atom stereocenters. The lowest BCUT2D eigenvalue weighted by Crippen LogP contribution is -2.44. The molecule has 0 aromatic rings. The summed E-state index contributed by atoms with van der Waals surface area (Å²) in [5, 5.41) is 11.8. The van der Waals surface area contributed by atoms with Crippen LogP contribution in [-0.4, -0.2) is 37.4 Å². The van der Waals surface area contributed by atoms with Gasteiger partial charge in [-0.15, -0.1) is 12.4 Å². The Morgan fingerprint density at radius 3 is 2.33 bits per heavy atom. The zero-order valence-corrected chi connectivity index (χ0v) is 10.6. The molecule has 0 aliphatic heterocycles. The van der Waals surface area contributed by atoms with Gasteiger partial charge in [-0.1, -0.05) is 20.3 Å². The molecule has 92 valence electrons. The van der Waals surface area contributed by atoms with Gasteiger partial charge in [-0.05, 0) is 13.0 Å². The minimum Gasteiger partial charge on any atom is -0.481 e. The van der Waals surface area contributed by atoms with Crippen LogP contribution in [0, 0.1) is 5.92 Å². The predicted octanol–water partition coefficient (Wildman–Crippen LogP) is 1.53. The van der Waals surface area contributed by atoms with Crippen molar-refractivity contribution < 1.29 is 14.6 Å². The molecule has 0 heterocycles. The van der Waals surface area contributed by atoms with Crippen molar-refractivity contribution in [2.24, 2.45) is 5.92 Å². The molecule has 0 bridgehead atoms. The van der Waals surface area contributed by atoms with Gasteiger partial charge in [0.15, 0.2) is 0 Å². The van der Waals surface area contributed by atoms with Gasteiger partial charge in [0, 0.05) is 13.2 Å².